The van der Waals surface area contributed by atoms with Crippen LogP contribution in [0.4, 0.5) is 0 Å². The van der Waals surface area contributed by atoms with Crippen LogP contribution in [-0.2, 0) is 22.6 Å². The number of carbonyl (C=O) groups excluding carboxylic acids is 2. The van der Waals surface area contributed by atoms with E-state index < -0.39 is 11.8 Å². The summed E-state index contributed by atoms with van der Waals surface area (Å²) >= 11 is 0. The molecular weight excluding hydrogens is 390 g/mol. The van der Waals surface area contributed by atoms with Gasteiger partial charge in [-0.2, -0.15) is 0 Å². The molecule has 2 heterocycles. The molecule has 1 aliphatic heterocycles. The van der Waals surface area contributed by atoms with Crippen molar-refractivity contribution < 1.29 is 14.0 Å². The van der Waals surface area contributed by atoms with Crippen molar-refractivity contribution in [3.05, 3.63) is 95.4 Å². The van der Waals surface area contributed by atoms with Crippen LogP contribution in [0, 0.1) is 0 Å². The second-order valence-corrected chi connectivity index (χ2v) is 7.84. The maximum atomic E-state index is 12.5. The van der Waals surface area contributed by atoms with Crippen LogP contribution < -0.4 is 10.6 Å². The number of nitrogens with zero attached hydrogens (tertiary/aromatic N) is 1. The van der Waals surface area contributed by atoms with Crippen molar-refractivity contribution in [2.24, 2.45) is 0 Å². The summed E-state index contributed by atoms with van der Waals surface area (Å²) < 4.78 is 5.66. The van der Waals surface area contributed by atoms with Crippen LogP contribution >= 0.6 is 0 Å². The summed E-state index contributed by atoms with van der Waals surface area (Å²) in [4.78, 5) is 27.2. The first kappa shape index (κ1) is 20.9. The number of amides is 2. The van der Waals surface area contributed by atoms with E-state index in [0.717, 1.165) is 30.8 Å². The van der Waals surface area contributed by atoms with Crippen molar-refractivity contribution in [3.8, 4) is 0 Å². The number of fused-ring (bicyclic) bond motifs is 1. The Balaban J connectivity index is 1.39. The summed E-state index contributed by atoms with van der Waals surface area (Å²) in [6.45, 7) is 3.78. The molecular formula is C25H27N3O3. The molecule has 2 amide bonds. The van der Waals surface area contributed by atoms with Gasteiger partial charge in [0.25, 0.3) is 0 Å². The Labute approximate surface area is 182 Å². The lowest BCUT2D eigenvalue weighted by atomic mass is 9.98. The van der Waals surface area contributed by atoms with Gasteiger partial charge in [0.15, 0.2) is 0 Å². The van der Waals surface area contributed by atoms with E-state index in [0.29, 0.717) is 6.54 Å². The SMILES string of the molecule is C[C@H](NC(=O)C(=O)NC[C@H](c1ccco1)N1CCc2ccccc2C1)c1ccccc1. The normalized spacial score (nSPS) is 15.5. The van der Waals surface area contributed by atoms with Crippen LogP contribution in [0.3, 0.4) is 0 Å². The van der Waals surface area contributed by atoms with E-state index in [-0.39, 0.29) is 12.1 Å². The predicted octanol–water partition coefficient (Wildman–Crippen LogP) is 3.37. The van der Waals surface area contributed by atoms with Crippen LogP contribution in [0.2, 0.25) is 0 Å². The highest BCUT2D eigenvalue weighted by Crippen LogP contribution is 2.27. The molecule has 1 aliphatic rings. The van der Waals surface area contributed by atoms with Crippen LogP contribution in [0.25, 0.3) is 0 Å². The van der Waals surface area contributed by atoms with E-state index in [2.05, 4.69) is 33.7 Å². The van der Waals surface area contributed by atoms with E-state index in [4.69, 9.17) is 4.42 Å². The molecule has 6 nitrogen and oxygen atoms in total. The number of hydrogen-bond donors (Lipinski definition) is 2. The molecule has 160 valence electrons. The third-order valence-corrected chi connectivity index (χ3v) is 5.78. The molecule has 0 aliphatic carbocycles. The zero-order valence-electron chi connectivity index (χ0n) is 17.6. The van der Waals surface area contributed by atoms with Gasteiger partial charge in [-0.3, -0.25) is 14.5 Å². The standard InChI is InChI=1S/C25H27N3O3/c1-18(19-8-3-2-4-9-19)27-25(30)24(29)26-16-22(23-12-7-15-31-23)28-14-13-20-10-5-6-11-21(20)17-28/h2-12,15,18,22H,13-14,16-17H2,1H3,(H,26,29)(H,27,30)/t18-,22+/m0/s1. The molecule has 4 rings (SSSR count). The van der Waals surface area contributed by atoms with Gasteiger partial charge < -0.3 is 15.1 Å². The molecule has 0 fully saturated rings. The second kappa shape index (κ2) is 9.62. The monoisotopic (exact) mass is 417 g/mol. The highest BCUT2D eigenvalue weighted by molar-refractivity contribution is 6.35. The zero-order chi connectivity index (χ0) is 21.6. The molecule has 6 heteroatoms. The molecule has 31 heavy (non-hydrogen) atoms. The van der Waals surface area contributed by atoms with Crippen molar-refractivity contribution in [1.29, 1.82) is 0 Å². The van der Waals surface area contributed by atoms with E-state index >= 15 is 0 Å². The third-order valence-electron chi connectivity index (χ3n) is 5.78. The summed E-state index contributed by atoms with van der Waals surface area (Å²) in [6, 6.07) is 21.3. The van der Waals surface area contributed by atoms with Gasteiger partial charge in [0, 0.05) is 19.6 Å². The Morgan fingerprint density at radius 2 is 1.71 bits per heavy atom. The highest BCUT2D eigenvalue weighted by Gasteiger charge is 2.28. The quantitative estimate of drug-likeness (QED) is 0.603. The Hall–Kier alpha value is -3.38. The number of rotatable bonds is 6. The first-order chi connectivity index (χ1) is 15.1. The third kappa shape index (κ3) is 5.03. The fourth-order valence-corrected chi connectivity index (χ4v) is 4.03. The predicted molar refractivity (Wildman–Crippen MR) is 118 cm³/mol. The largest absolute Gasteiger partial charge is 0.468 e. The molecule has 3 aromatic rings. The molecule has 0 unspecified atom stereocenters. The Morgan fingerprint density at radius 1 is 0.968 bits per heavy atom. The van der Waals surface area contributed by atoms with Crippen LogP contribution in [0.5, 0.6) is 0 Å². The van der Waals surface area contributed by atoms with E-state index in [9.17, 15) is 9.59 Å². The van der Waals surface area contributed by atoms with Crippen molar-refractivity contribution in [2.45, 2.75) is 32.0 Å². The maximum absolute atomic E-state index is 12.5. The summed E-state index contributed by atoms with van der Waals surface area (Å²) in [5.74, 6) is -0.506. The number of carbonyl (C=O) groups is 2. The Bertz CT molecular complexity index is 1020. The minimum Gasteiger partial charge on any atom is -0.468 e. The molecule has 1 aromatic heterocycles. The lowest BCUT2D eigenvalue weighted by Crippen LogP contribution is -2.45. The number of hydrogen-bond acceptors (Lipinski definition) is 4. The lowest BCUT2D eigenvalue weighted by Gasteiger charge is -2.34. The topological polar surface area (TPSA) is 74.6 Å². The summed E-state index contributed by atoms with van der Waals surface area (Å²) in [7, 11) is 0. The van der Waals surface area contributed by atoms with Gasteiger partial charge >= 0.3 is 11.8 Å². The van der Waals surface area contributed by atoms with Crippen LogP contribution in [-0.4, -0.2) is 29.8 Å². The van der Waals surface area contributed by atoms with Gasteiger partial charge in [-0.05, 0) is 42.2 Å². The smallest absolute Gasteiger partial charge is 0.309 e. The summed E-state index contributed by atoms with van der Waals surface area (Å²) in [5.41, 5.74) is 3.59. The van der Waals surface area contributed by atoms with Gasteiger partial charge in [0.05, 0.1) is 18.3 Å². The number of furan rings is 1. The van der Waals surface area contributed by atoms with Gasteiger partial charge in [0.1, 0.15) is 5.76 Å². The van der Waals surface area contributed by atoms with Gasteiger partial charge in [0.2, 0.25) is 0 Å². The minimum atomic E-state index is -0.642. The van der Waals surface area contributed by atoms with Gasteiger partial charge in [-0.15, -0.1) is 0 Å². The van der Waals surface area contributed by atoms with Gasteiger partial charge in [-0.1, -0.05) is 54.6 Å². The Kier molecular flexibility index (Phi) is 6.48. The van der Waals surface area contributed by atoms with Crippen molar-refractivity contribution in [3.63, 3.8) is 0 Å². The molecule has 2 atom stereocenters. The molecule has 2 aromatic carbocycles. The Morgan fingerprint density at radius 3 is 2.45 bits per heavy atom. The molecule has 0 spiro atoms. The van der Waals surface area contributed by atoms with Crippen LogP contribution in [0.1, 0.15) is 41.5 Å². The number of benzene rings is 2. The van der Waals surface area contributed by atoms with Gasteiger partial charge in [-0.25, -0.2) is 0 Å². The maximum Gasteiger partial charge on any atom is 0.309 e. The van der Waals surface area contributed by atoms with E-state index in [1.807, 2.05) is 55.5 Å². The minimum absolute atomic E-state index is 0.147. The fraction of sp³-hybridized carbons (Fsp3) is 0.280. The molecule has 0 saturated heterocycles. The highest BCUT2D eigenvalue weighted by atomic mass is 16.3. The summed E-state index contributed by atoms with van der Waals surface area (Å²) in [5, 5.41) is 5.56. The average molecular weight is 418 g/mol. The second-order valence-electron chi connectivity index (χ2n) is 7.84. The van der Waals surface area contributed by atoms with Crippen LogP contribution in [0.15, 0.2) is 77.4 Å². The van der Waals surface area contributed by atoms with E-state index in [1.54, 1.807) is 6.26 Å². The zero-order valence-corrected chi connectivity index (χ0v) is 17.6. The molecule has 2 N–H and O–H groups in total. The van der Waals surface area contributed by atoms with Crippen molar-refractivity contribution in [2.75, 3.05) is 13.1 Å². The first-order valence-electron chi connectivity index (χ1n) is 10.6. The summed E-state index contributed by atoms with van der Waals surface area (Å²) in [6.07, 6.45) is 2.58. The number of nitrogens with one attached hydrogen (secondary N) is 2. The first-order valence-corrected chi connectivity index (χ1v) is 10.6. The fourth-order valence-electron chi connectivity index (χ4n) is 4.03. The van der Waals surface area contributed by atoms with E-state index in [1.165, 1.54) is 11.1 Å². The molecule has 0 radical (unpaired) electrons. The van der Waals surface area contributed by atoms with Crippen molar-refractivity contribution >= 4 is 11.8 Å². The molecule has 0 saturated carbocycles. The lowest BCUT2D eigenvalue weighted by molar-refractivity contribution is -0.139. The average Bonchev–Trinajstić information content (AvgIpc) is 3.34. The molecule has 0 bridgehead atoms. The van der Waals surface area contributed by atoms with Crippen molar-refractivity contribution in [1.82, 2.24) is 15.5 Å².